The average molecular weight is 239 g/mol. The molecule has 2 unspecified atom stereocenters. The van der Waals surface area contributed by atoms with E-state index >= 15 is 0 Å². The van der Waals surface area contributed by atoms with Crippen LogP contribution in [0.25, 0.3) is 0 Å². The van der Waals surface area contributed by atoms with Crippen LogP contribution >= 0.6 is 11.3 Å². The standard InChI is InChI=1S/C11H17N3OS/c12-9-3-1-2-8(9)11(15)14-5-4-10-13-6-7-16-10/h6-9H,1-5,12H2,(H,14,15). The molecule has 0 radical (unpaired) electrons. The lowest BCUT2D eigenvalue weighted by Gasteiger charge is -2.14. The molecule has 4 nitrogen and oxygen atoms in total. The molecule has 1 aliphatic rings. The summed E-state index contributed by atoms with van der Waals surface area (Å²) >= 11 is 1.62. The second-order valence-electron chi connectivity index (χ2n) is 4.17. The molecule has 88 valence electrons. The van der Waals surface area contributed by atoms with Gasteiger partial charge in [0, 0.05) is 30.6 Å². The van der Waals surface area contributed by atoms with E-state index in [1.165, 1.54) is 0 Å². The number of amides is 1. The summed E-state index contributed by atoms with van der Waals surface area (Å²) in [7, 11) is 0. The van der Waals surface area contributed by atoms with Gasteiger partial charge in [-0.2, -0.15) is 0 Å². The van der Waals surface area contributed by atoms with Gasteiger partial charge in [0.1, 0.15) is 0 Å². The molecule has 16 heavy (non-hydrogen) atoms. The lowest BCUT2D eigenvalue weighted by molar-refractivity contribution is -0.125. The Morgan fingerprint density at radius 1 is 1.62 bits per heavy atom. The number of carbonyl (C=O) groups is 1. The van der Waals surface area contributed by atoms with E-state index in [4.69, 9.17) is 5.73 Å². The number of aromatic nitrogens is 1. The molecule has 0 aliphatic heterocycles. The van der Waals surface area contributed by atoms with E-state index in [0.29, 0.717) is 6.54 Å². The topological polar surface area (TPSA) is 68.0 Å². The second kappa shape index (κ2) is 5.41. The fourth-order valence-corrected chi connectivity index (χ4v) is 2.73. The molecule has 1 aromatic heterocycles. The molecule has 0 bridgehead atoms. The van der Waals surface area contributed by atoms with Crippen molar-refractivity contribution in [3.05, 3.63) is 16.6 Å². The monoisotopic (exact) mass is 239 g/mol. The van der Waals surface area contributed by atoms with Crippen molar-refractivity contribution in [1.29, 1.82) is 0 Å². The predicted molar refractivity (Wildman–Crippen MR) is 64.1 cm³/mol. The molecule has 0 spiro atoms. The normalized spacial score (nSPS) is 24.6. The number of rotatable bonds is 4. The summed E-state index contributed by atoms with van der Waals surface area (Å²) in [5.41, 5.74) is 5.88. The molecule has 5 heteroatoms. The maximum atomic E-state index is 11.8. The fourth-order valence-electron chi connectivity index (χ4n) is 2.11. The SMILES string of the molecule is NC1CCCC1C(=O)NCCc1nccs1. The number of carbonyl (C=O) groups excluding carboxylic acids is 1. The van der Waals surface area contributed by atoms with Crippen LogP contribution in [-0.2, 0) is 11.2 Å². The molecule has 1 amide bonds. The summed E-state index contributed by atoms with van der Waals surface area (Å²) in [4.78, 5) is 15.9. The summed E-state index contributed by atoms with van der Waals surface area (Å²) < 4.78 is 0. The van der Waals surface area contributed by atoms with E-state index in [-0.39, 0.29) is 17.9 Å². The van der Waals surface area contributed by atoms with Crippen molar-refractivity contribution in [2.24, 2.45) is 11.7 Å². The van der Waals surface area contributed by atoms with Crippen LogP contribution in [0, 0.1) is 5.92 Å². The number of nitrogens with two attached hydrogens (primary N) is 1. The van der Waals surface area contributed by atoms with Crippen molar-refractivity contribution in [3.8, 4) is 0 Å². The molecule has 1 aromatic rings. The van der Waals surface area contributed by atoms with Crippen molar-refractivity contribution in [2.45, 2.75) is 31.7 Å². The Hall–Kier alpha value is -0.940. The third-order valence-corrected chi connectivity index (χ3v) is 3.87. The molecule has 1 fully saturated rings. The molecular formula is C11H17N3OS. The highest BCUT2D eigenvalue weighted by Gasteiger charge is 2.29. The minimum Gasteiger partial charge on any atom is -0.355 e. The lowest BCUT2D eigenvalue weighted by atomic mass is 10.0. The van der Waals surface area contributed by atoms with Crippen molar-refractivity contribution >= 4 is 17.2 Å². The van der Waals surface area contributed by atoms with Gasteiger partial charge >= 0.3 is 0 Å². The first-order valence-corrected chi connectivity index (χ1v) is 6.57. The molecule has 0 aromatic carbocycles. The molecule has 1 aliphatic carbocycles. The lowest BCUT2D eigenvalue weighted by Crippen LogP contribution is -2.39. The van der Waals surface area contributed by atoms with Gasteiger partial charge in [0.2, 0.25) is 5.91 Å². The Morgan fingerprint density at radius 2 is 2.50 bits per heavy atom. The van der Waals surface area contributed by atoms with E-state index in [0.717, 1.165) is 30.7 Å². The van der Waals surface area contributed by atoms with Gasteiger partial charge in [-0.15, -0.1) is 11.3 Å². The molecule has 0 saturated heterocycles. The maximum Gasteiger partial charge on any atom is 0.224 e. The Bertz CT molecular complexity index is 339. The van der Waals surface area contributed by atoms with E-state index in [1.54, 1.807) is 17.5 Å². The number of thiazole rings is 1. The fraction of sp³-hybridized carbons (Fsp3) is 0.636. The van der Waals surface area contributed by atoms with E-state index < -0.39 is 0 Å². The number of hydrogen-bond acceptors (Lipinski definition) is 4. The van der Waals surface area contributed by atoms with Crippen LogP contribution in [0.4, 0.5) is 0 Å². The Kier molecular flexibility index (Phi) is 3.90. The molecule has 1 saturated carbocycles. The Labute approximate surface area is 99.3 Å². The highest BCUT2D eigenvalue weighted by atomic mass is 32.1. The van der Waals surface area contributed by atoms with Gasteiger partial charge in [-0.1, -0.05) is 6.42 Å². The van der Waals surface area contributed by atoms with Crippen LogP contribution in [0.2, 0.25) is 0 Å². The maximum absolute atomic E-state index is 11.8. The Balaban J connectivity index is 1.71. The summed E-state index contributed by atoms with van der Waals surface area (Å²) in [6.45, 7) is 0.662. The van der Waals surface area contributed by atoms with Gasteiger partial charge in [-0.3, -0.25) is 4.79 Å². The highest BCUT2D eigenvalue weighted by molar-refractivity contribution is 7.09. The van der Waals surface area contributed by atoms with Gasteiger partial charge in [0.25, 0.3) is 0 Å². The van der Waals surface area contributed by atoms with Crippen LogP contribution in [0.15, 0.2) is 11.6 Å². The minimum atomic E-state index is 0.0243. The zero-order chi connectivity index (χ0) is 11.4. The zero-order valence-electron chi connectivity index (χ0n) is 9.19. The summed E-state index contributed by atoms with van der Waals surface area (Å²) in [5.74, 6) is 0.137. The highest BCUT2D eigenvalue weighted by Crippen LogP contribution is 2.23. The minimum absolute atomic E-state index is 0.0243. The van der Waals surface area contributed by atoms with Crippen molar-refractivity contribution in [2.75, 3.05) is 6.54 Å². The predicted octanol–water partition coefficient (Wildman–Crippen LogP) is 0.929. The first-order valence-electron chi connectivity index (χ1n) is 5.69. The van der Waals surface area contributed by atoms with Crippen molar-refractivity contribution in [3.63, 3.8) is 0 Å². The Morgan fingerprint density at radius 3 is 3.12 bits per heavy atom. The quantitative estimate of drug-likeness (QED) is 0.821. The van der Waals surface area contributed by atoms with E-state index in [2.05, 4.69) is 10.3 Å². The first kappa shape index (κ1) is 11.5. The van der Waals surface area contributed by atoms with Crippen LogP contribution in [-0.4, -0.2) is 23.5 Å². The van der Waals surface area contributed by atoms with Crippen molar-refractivity contribution in [1.82, 2.24) is 10.3 Å². The number of nitrogens with one attached hydrogen (secondary N) is 1. The average Bonchev–Trinajstić information content (AvgIpc) is 2.88. The van der Waals surface area contributed by atoms with Crippen LogP contribution < -0.4 is 11.1 Å². The van der Waals surface area contributed by atoms with Gasteiger partial charge in [-0.25, -0.2) is 4.98 Å². The summed E-state index contributed by atoms with van der Waals surface area (Å²) in [6.07, 6.45) is 5.58. The summed E-state index contributed by atoms with van der Waals surface area (Å²) in [5, 5.41) is 5.96. The second-order valence-corrected chi connectivity index (χ2v) is 5.15. The van der Waals surface area contributed by atoms with Gasteiger partial charge in [0.05, 0.1) is 10.9 Å². The third kappa shape index (κ3) is 2.80. The smallest absolute Gasteiger partial charge is 0.224 e. The van der Waals surface area contributed by atoms with Crippen LogP contribution in [0.5, 0.6) is 0 Å². The molecule has 1 heterocycles. The van der Waals surface area contributed by atoms with E-state index in [9.17, 15) is 4.79 Å². The van der Waals surface area contributed by atoms with Crippen LogP contribution in [0.3, 0.4) is 0 Å². The van der Waals surface area contributed by atoms with Gasteiger partial charge in [-0.05, 0) is 12.8 Å². The van der Waals surface area contributed by atoms with Crippen molar-refractivity contribution < 1.29 is 4.79 Å². The first-order chi connectivity index (χ1) is 7.77. The third-order valence-electron chi connectivity index (χ3n) is 3.03. The number of nitrogens with zero attached hydrogens (tertiary/aromatic N) is 1. The van der Waals surface area contributed by atoms with E-state index in [1.807, 2.05) is 5.38 Å². The zero-order valence-corrected chi connectivity index (χ0v) is 10.0. The molecule has 3 N–H and O–H groups in total. The van der Waals surface area contributed by atoms with Crippen LogP contribution in [0.1, 0.15) is 24.3 Å². The largest absolute Gasteiger partial charge is 0.355 e. The van der Waals surface area contributed by atoms with Gasteiger partial charge < -0.3 is 11.1 Å². The number of hydrogen-bond donors (Lipinski definition) is 2. The molecule has 2 rings (SSSR count). The molecular weight excluding hydrogens is 222 g/mol. The summed E-state index contributed by atoms with van der Waals surface area (Å²) in [6, 6.07) is 0.0554. The van der Waals surface area contributed by atoms with Gasteiger partial charge in [0.15, 0.2) is 0 Å². The molecule has 2 atom stereocenters.